The third-order valence-corrected chi connectivity index (χ3v) is 5.08. The first kappa shape index (κ1) is 24.1. The molecule has 0 aliphatic heterocycles. The highest BCUT2D eigenvalue weighted by molar-refractivity contribution is 6.05. The lowest BCUT2D eigenvalue weighted by Crippen LogP contribution is -2.21. The van der Waals surface area contributed by atoms with Crippen molar-refractivity contribution in [1.82, 2.24) is 9.97 Å². The maximum Gasteiger partial charge on any atom is 0.416 e. The number of aliphatic hydroxyl groups excluding tert-OH is 2. The Morgan fingerprint density at radius 3 is 2.63 bits per heavy atom. The standard InChI is InChI=1S/C25H20F3N3O4/c26-25(27,28)17-5-1-4-16(11-17)20-6-2-3-15-7-8-21(30-23(15)20)24(34)31-22-12-19(9-10-29-22)35-14-18(33)13-32/h1-12,18,32-33H,13-14H2,(H,29,31,34). The van der Waals surface area contributed by atoms with Crippen LogP contribution in [0.5, 0.6) is 5.75 Å². The number of anilines is 1. The Morgan fingerprint density at radius 1 is 1.06 bits per heavy atom. The van der Waals surface area contributed by atoms with Gasteiger partial charge in [-0.15, -0.1) is 0 Å². The van der Waals surface area contributed by atoms with Crippen LogP contribution in [0.2, 0.25) is 0 Å². The van der Waals surface area contributed by atoms with E-state index in [2.05, 4.69) is 15.3 Å². The number of aromatic nitrogens is 2. The summed E-state index contributed by atoms with van der Waals surface area (Å²) >= 11 is 0. The molecular formula is C25H20F3N3O4. The fraction of sp³-hybridized carbons (Fsp3) is 0.160. The van der Waals surface area contributed by atoms with E-state index < -0.39 is 30.4 Å². The quantitative estimate of drug-likeness (QED) is 0.362. The van der Waals surface area contributed by atoms with Crippen molar-refractivity contribution in [3.05, 3.63) is 84.2 Å². The SMILES string of the molecule is O=C(Nc1cc(OCC(O)CO)ccn1)c1ccc2cccc(-c3cccc(C(F)(F)F)c3)c2n1. The number of benzene rings is 2. The minimum atomic E-state index is -4.49. The van der Waals surface area contributed by atoms with Crippen LogP contribution in [-0.4, -0.2) is 45.4 Å². The van der Waals surface area contributed by atoms with Gasteiger partial charge in [0.2, 0.25) is 0 Å². The molecular weight excluding hydrogens is 463 g/mol. The van der Waals surface area contributed by atoms with Crippen LogP contribution < -0.4 is 10.1 Å². The number of hydrogen-bond acceptors (Lipinski definition) is 6. The Kier molecular flexibility index (Phi) is 6.94. The Balaban J connectivity index is 1.61. The number of amides is 1. The third-order valence-electron chi connectivity index (χ3n) is 5.08. The van der Waals surface area contributed by atoms with E-state index in [1.165, 1.54) is 30.5 Å². The monoisotopic (exact) mass is 483 g/mol. The first-order valence-electron chi connectivity index (χ1n) is 10.5. The number of rotatable bonds is 7. The topological polar surface area (TPSA) is 105 Å². The molecule has 4 aromatic rings. The van der Waals surface area contributed by atoms with Gasteiger partial charge in [-0.2, -0.15) is 13.2 Å². The number of aliphatic hydroxyl groups is 2. The average molecular weight is 483 g/mol. The lowest BCUT2D eigenvalue weighted by molar-refractivity contribution is -0.137. The predicted octanol–water partition coefficient (Wildman–Crippen LogP) is 4.30. The molecule has 0 fully saturated rings. The summed E-state index contributed by atoms with van der Waals surface area (Å²) in [7, 11) is 0. The number of ether oxygens (including phenoxy) is 1. The van der Waals surface area contributed by atoms with Gasteiger partial charge in [0.25, 0.3) is 5.91 Å². The summed E-state index contributed by atoms with van der Waals surface area (Å²) in [4.78, 5) is 21.3. The summed E-state index contributed by atoms with van der Waals surface area (Å²) in [6.07, 6.45) is -4.13. The maximum atomic E-state index is 13.2. The summed E-state index contributed by atoms with van der Waals surface area (Å²) in [6, 6.07) is 16.2. The molecule has 180 valence electrons. The molecule has 0 saturated heterocycles. The van der Waals surface area contributed by atoms with Crippen molar-refractivity contribution in [3.63, 3.8) is 0 Å². The molecule has 35 heavy (non-hydrogen) atoms. The number of carbonyl (C=O) groups excluding carboxylic acids is 1. The second-order valence-electron chi connectivity index (χ2n) is 7.63. The van der Waals surface area contributed by atoms with Crippen LogP contribution in [0.1, 0.15) is 16.1 Å². The molecule has 2 heterocycles. The fourth-order valence-corrected chi connectivity index (χ4v) is 3.36. The number of carbonyl (C=O) groups is 1. The predicted molar refractivity (Wildman–Crippen MR) is 123 cm³/mol. The van der Waals surface area contributed by atoms with Crippen LogP contribution in [0, 0.1) is 0 Å². The first-order chi connectivity index (χ1) is 16.7. The van der Waals surface area contributed by atoms with Crippen molar-refractivity contribution in [2.75, 3.05) is 18.5 Å². The van der Waals surface area contributed by atoms with Crippen LogP contribution in [0.3, 0.4) is 0 Å². The van der Waals surface area contributed by atoms with Gasteiger partial charge in [-0.05, 0) is 29.8 Å². The van der Waals surface area contributed by atoms with Crippen molar-refractivity contribution in [2.24, 2.45) is 0 Å². The van der Waals surface area contributed by atoms with Gasteiger partial charge in [0.05, 0.1) is 17.7 Å². The summed E-state index contributed by atoms with van der Waals surface area (Å²) in [5.41, 5.74) is 0.426. The normalized spacial score (nSPS) is 12.4. The van der Waals surface area contributed by atoms with E-state index in [-0.39, 0.29) is 18.1 Å². The number of alkyl halides is 3. The summed E-state index contributed by atoms with van der Waals surface area (Å²) in [6.45, 7) is -0.594. The molecule has 0 bridgehead atoms. The van der Waals surface area contributed by atoms with Crippen molar-refractivity contribution in [3.8, 4) is 16.9 Å². The molecule has 1 unspecified atom stereocenters. The minimum Gasteiger partial charge on any atom is -0.491 e. The van der Waals surface area contributed by atoms with E-state index in [1.807, 2.05) is 0 Å². The van der Waals surface area contributed by atoms with Crippen molar-refractivity contribution in [1.29, 1.82) is 0 Å². The van der Waals surface area contributed by atoms with Crippen molar-refractivity contribution in [2.45, 2.75) is 12.3 Å². The van der Waals surface area contributed by atoms with E-state index >= 15 is 0 Å². The average Bonchev–Trinajstić information content (AvgIpc) is 2.86. The highest BCUT2D eigenvalue weighted by Crippen LogP contribution is 2.34. The molecule has 0 saturated carbocycles. The molecule has 2 aromatic carbocycles. The van der Waals surface area contributed by atoms with E-state index in [4.69, 9.17) is 9.84 Å². The van der Waals surface area contributed by atoms with Crippen molar-refractivity contribution >= 4 is 22.6 Å². The number of halogens is 3. The number of para-hydroxylation sites is 1. The number of hydrogen-bond donors (Lipinski definition) is 3. The number of nitrogens with zero attached hydrogens (tertiary/aromatic N) is 2. The summed E-state index contributed by atoms with van der Waals surface area (Å²) in [5, 5.41) is 21.5. The molecule has 3 N–H and O–H groups in total. The summed E-state index contributed by atoms with van der Waals surface area (Å²) < 4.78 is 45.0. The number of fused-ring (bicyclic) bond motifs is 1. The van der Waals surface area contributed by atoms with E-state index in [9.17, 15) is 23.1 Å². The Morgan fingerprint density at radius 2 is 1.86 bits per heavy atom. The zero-order valence-corrected chi connectivity index (χ0v) is 18.2. The van der Waals surface area contributed by atoms with Gasteiger partial charge in [-0.3, -0.25) is 4.79 Å². The van der Waals surface area contributed by atoms with E-state index in [1.54, 1.807) is 30.3 Å². The second kappa shape index (κ2) is 10.1. The molecule has 10 heteroatoms. The molecule has 0 aliphatic carbocycles. The Hall–Kier alpha value is -4.02. The smallest absolute Gasteiger partial charge is 0.416 e. The zero-order chi connectivity index (χ0) is 25.0. The molecule has 0 spiro atoms. The molecule has 2 aromatic heterocycles. The Bertz CT molecular complexity index is 1360. The summed E-state index contributed by atoms with van der Waals surface area (Å²) in [5.74, 6) is -0.0917. The van der Waals surface area contributed by atoms with Crippen LogP contribution in [0.25, 0.3) is 22.0 Å². The highest BCUT2D eigenvalue weighted by atomic mass is 19.4. The van der Waals surface area contributed by atoms with Crippen LogP contribution in [0.4, 0.5) is 19.0 Å². The largest absolute Gasteiger partial charge is 0.491 e. The number of pyridine rings is 2. The second-order valence-corrected chi connectivity index (χ2v) is 7.63. The van der Waals surface area contributed by atoms with Gasteiger partial charge in [-0.25, -0.2) is 9.97 Å². The van der Waals surface area contributed by atoms with E-state index in [0.29, 0.717) is 27.8 Å². The molecule has 4 rings (SSSR count). The minimum absolute atomic E-state index is 0.0424. The van der Waals surface area contributed by atoms with Gasteiger partial charge in [-0.1, -0.05) is 36.4 Å². The van der Waals surface area contributed by atoms with Gasteiger partial charge in [0.15, 0.2) is 0 Å². The van der Waals surface area contributed by atoms with Gasteiger partial charge in [0.1, 0.15) is 30.0 Å². The van der Waals surface area contributed by atoms with Crippen molar-refractivity contribution < 1.29 is 32.9 Å². The molecule has 1 atom stereocenters. The molecule has 0 radical (unpaired) electrons. The zero-order valence-electron chi connectivity index (χ0n) is 18.2. The third kappa shape index (κ3) is 5.73. The van der Waals surface area contributed by atoms with Crippen LogP contribution >= 0.6 is 0 Å². The molecule has 7 nitrogen and oxygen atoms in total. The van der Waals surface area contributed by atoms with Gasteiger partial charge in [0, 0.05) is 23.2 Å². The van der Waals surface area contributed by atoms with Gasteiger partial charge < -0.3 is 20.3 Å². The van der Waals surface area contributed by atoms with Crippen LogP contribution in [-0.2, 0) is 6.18 Å². The molecule has 1 amide bonds. The lowest BCUT2D eigenvalue weighted by atomic mass is 9.99. The fourth-order valence-electron chi connectivity index (χ4n) is 3.36. The maximum absolute atomic E-state index is 13.2. The number of nitrogens with one attached hydrogen (secondary N) is 1. The first-order valence-corrected chi connectivity index (χ1v) is 10.5. The molecule has 0 aliphatic rings. The Labute approximate surface area is 197 Å². The van der Waals surface area contributed by atoms with Gasteiger partial charge >= 0.3 is 6.18 Å². The lowest BCUT2D eigenvalue weighted by Gasteiger charge is -2.12. The van der Waals surface area contributed by atoms with E-state index in [0.717, 1.165) is 12.1 Å². The van der Waals surface area contributed by atoms with Crippen LogP contribution in [0.15, 0.2) is 72.9 Å². The highest BCUT2D eigenvalue weighted by Gasteiger charge is 2.30.